The SMILES string of the molecule is CCS(C)(C)O. The zero-order valence-corrected chi connectivity index (χ0v) is 5.38. The molecule has 0 spiro atoms. The Hall–Kier alpha value is 0.310. The minimum Gasteiger partial charge on any atom is -0.352 e. The summed E-state index contributed by atoms with van der Waals surface area (Å²) in [5, 5.41) is 0. The van der Waals surface area contributed by atoms with Crippen molar-refractivity contribution >= 4 is 10.3 Å². The normalized spacial score (nSPS) is 14.7. The molecule has 0 saturated carbocycles. The second kappa shape index (κ2) is 1.85. The molecule has 0 aromatic carbocycles. The molecule has 0 atom stereocenters. The van der Waals surface area contributed by atoms with Crippen LogP contribution in [-0.2, 0) is 0 Å². The molecule has 0 rings (SSSR count). The van der Waals surface area contributed by atoms with E-state index in [4.69, 9.17) is 4.55 Å². The molecule has 0 heterocycles. The summed E-state index contributed by atoms with van der Waals surface area (Å²) in [5.74, 6) is 0.910. The van der Waals surface area contributed by atoms with E-state index in [-0.39, 0.29) is 0 Å². The van der Waals surface area contributed by atoms with Gasteiger partial charge in [-0.25, -0.2) is 0 Å². The Kier molecular flexibility index (Phi) is 1.94. The lowest BCUT2D eigenvalue weighted by molar-refractivity contribution is 0.638. The van der Waals surface area contributed by atoms with Gasteiger partial charge in [0.05, 0.1) is 0 Å². The second-order valence-corrected chi connectivity index (χ2v) is 5.31. The zero-order valence-electron chi connectivity index (χ0n) is 4.56. The summed E-state index contributed by atoms with van der Waals surface area (Å²) in [6.07, 6.45) is 3.76. The van der Waals surface area contributed by atoms with Gasteiger partial charge < -0.3 is 4.55 Å². The van der Waals surface area contributed by atoms with Gasteiger partial charge in [0.15, 0.2) is 0 Å². The van der Waals surface area contributed by atoms with Crippen molar-refractivity contribution in [2.24, 2.45) is 0 Å². The molecule has 2 heteroatoms. The van der Waals surface area contributed by atoms with Crippen molar-refractivity contribution in [1.29, 1.82) is 0 Å². The van der Waals surface area contributed by atoms with Gasteiger partial charge in [-0.2, -0.15) is 0 Å². The smallest absolute Gasteiger partial charge is 0.00461 e. The van der Waals surface area contributed by atoms with Crippen LogP contribution in [0, 0.1) is 0 Å². The van der Waals surface area contributed by atoms with E-state index in [0.29, 0.717) is 0 Å². The number of hydrogen-bond acceptors (Lipinski definition) is 1. The maximum Gasteiger partial charge on any atom is -0.00461 e. The highest BCUT2D eigenvalue weighted by molar-refractivity contribution is 8.27. The van der Waals surface area contributed by atoms with E-state index in [0.717, 1.165) is 5.75 Å². The predicted molar refractivity (Wildman–Crippen MR) is 32.6 cm³/mol. The van der Waals surface area contributed by atoms with Gasteiger partial charge in [0.25, 0.3) is 0 Å². The van der Waals surface area contributed by atoms with Crippen LogP contribution in [0.1, 0.15) is 6.92 Å². The van der Waals surface area contributed by atoms with Gasteiger partial charge in [-0.15, -0.1) is 10.3 Å². The quantitative estimate of drug-likeness (QED) is 0.540. The van der Waals surface area contributed by atoms with Crippen molar-refractivity contribution < 1.29 is 4.55 Å². The molecule has 0 aliphatic rings. The summed E-state index contributed by atoms with van der Waals surface area (Å²) in [6.45, 7) is 2.00. The fraction of sp³-hybridized carbons (Fsp3) is 1.00. The lowest BCUT2D eigenvalue weighted by Crippen LogP contribution is -1.93. The van der Waals surface area contributed by atoms with E-state index in [1.807, 2.05) is 19.4 Å². The Balaban J connectivity index is 3.17. The highest BCUT2D eigenvalue weighted by atomic mass is 32.3. The van der Waals surface area contributed by atoms with Crippen LogP contribution in [0.15, 0.2) is 0 Å². The highest BCUT2D eigenvalue weighted by Gasteiger charge is 1.97. The molecular formula is C4H12OS. The molecule has 0 unspecified atom stereocenters. The summed E-state index contributed by atoms with van der Waals surface area (Å²) in [7, 11) is -1.16. The Morgan fingerprint density at radius 1 is 1.50 bits per heavy atom. The first-order valence-electron chi connectivity index (χ1n) is 1.99. The molecule has 6 heavy (non-hydrogen) atoms. The van der Waals surface area contributed by atoms with Crippen LogP contribution in [-0.4, -0.2) is 22.8 Å². The van der Waals surface area contributed by atoms with Crippen molar-refractivity contribution in [2.75, 3.05) is 18.3 Å². The number of hydrogen-bond donors (Lipinski definition) is 1. The molecule has 0 bridgehead atoms. The van der Waals surface area contributed by atoms with E-state index < -0.39 is 10.3 Å². The molecule has 0 saturated heterocycles. The minimum absolute atomic E-state index is 0.910. The van der Waals surface area contributed by atoms with E-state index in [1.54, 1.807) is 0 Å². The number of rotatable bonds is 1. The Morgan fingerprint density at radius 3 is 1.67 bits per heavy atom. The van der Waals surface area contributed by atoms with Crippen LogP contribution in [0.25, 0.3) is 0 Å². The Labute approximate surface area is 40.9 Å². The molecule has 0 fully saturated rings. The second-order valence-electron chi connectivity index (χ2n) is 1.77. The van der Waals surface area contributed by atoms with Crippen molar-refractivity contribution in [3.05, 3.63) is 0 Å². The van der Waals surface area contributed by atoms with Crippen LogP contribution in [0.3, 0.4) is 0 Å². The van der Waals surface area contributed by atoms with Crippen molar-refractivity contribution in [2.45, 2.75) is 6.92 Å². The molecule has 0 aromatic heterocycles. The molecule has 0 aliphatic carbocycles. The largest absolute Gasteiger partial charge is 0.352 e. The standard InChI is InChI=1S/C4H12OS/c1-4-6(2,3)5/h5H,4H2,1-3H3. The van der Waals surface area contributed by atoms with Gasteiger partial charge in [0.2, 0.25) is 0 Å². The Bertz CT molecular complexity index is 37.3. The fourth-order valence-corrected chi connectivity index (χ4v) is 0. The highest BCUT2D eigenvalue weighted by Crippen LogP contribution is 2.32. The average molecular weight is 108 g/mol. The molecule has 0 radical (unpaired) electrons. The molecule has 0 aliphatic heterocycles. The van der Waals surface area contributed by atoms with Crippen LogP contribution >= 0.6 is 10.3 Å². The molecule has 0 amide bonds. The lowest BCUT2D eigenvalue weighted by atomic mass is 11.0. The first-order valence-corrected chi connectivity index (χ1v) is 4.57. The summed E-state index contributed by atoms with van der Waals surface area (Å²) in [5.41, 5.74) is 0. The van der Waals surface area contributed by atoms with Gasteiger partial charge in [-0.1, -0.05) is 6.92 Å². The third-order valence-electron chi connectivity index (χ3n) is 0.706. The molecule has 1 nitrogen and oxygen atoms in total. The van der Waals surface area contributed by atoms with Crippen LogP contribution in [0.2, 0.25) is 0 Å². The van der Waals surface area contributed by atoms with Gasteiger partial charge in [-0.05, 0) is 18.3 Å². The average Bonchev–Trinajstić information content (AvgIpc) is 1.35. The van der Waals surface area contributed by atoms with Crippen LogP contribution in [0.4, 0.5) is 0 Å². The van der Waals surface area contributed by atoms with Gasteiger partial charge >= 0.3 is 0 Å². The topological polar surface area (TPSA) is 20.2 Å². The first kappa shape index (κ1) is 6.31. The van der Waals surface area contributed by atoms with E-state index in [1.165, 1.54) is 0 Å². The van der Waals surface area contributed by atoms with Crippen molar-refractivity contribution in [3.63, 3.8) is 0 Å². The van der Waals surface area contributed by atoms with E-state index in [2.05, 4.69) is 0 Å². The zero-order chi connectivity index (χ0) is 5.21. The third-order valence-corrected chi connectivity index (χ3v) is 2.12. The molecule has 1 N–H and O–H groups in total. The van der Waals surface area contributed by atoms with Crippen LogP contribution in [0.5, 0.6) is 0 Å². The van der Waals surface area contributed by atoms with E-state index >= 15 is 0 Å². The van der Waals surface area contributed by atoms with E-state index in [9.17, 15) is 0 Å². The van der Waals surface area contributed by atoms with Crippen molar-refractivity contribution in [3.8, 4) is 0 Å². The monoisotopic (exact) mass is 108 g/mol. The summed E-state index contributed by atoms with van der Waals surface area (Å²) in [4.78, 5) is 0. The van der Waals surface area contributed by atoms with Gasteiger partial charge in [0, 0.05) is 0 Å². The van der Waals surface area contributed by atoms with Gasteiger partial charge in [0.1, 0.15) is 0 Å². The van der Waals surface area contributed by atoms with Crippen LogP contribution < -0.4 is 0 Å². The van der Waals surface area contributed by atoms with Crippen molar-refractivity contribution in [1.82, 2.24) is 0 Å². The summed E-state index contributed by atoms with van der Waals surface area (Å²) < 4.78 is 8.91. The minimum atomic E-state index is -1.16. The lowest BCUT2D eigenvalue weighted by Gasteiger charge is -2.19. The van der Waals surface area contributed by atoms with Gasteiger partial charge in [-0.3, -0.25) is 0 Å². The third kappa shape index (κ3) is 4.31. The predicted octanol–water partition coefficient (Wildman–Crippen LogP) is 1.54. The Morgan fingerprint density at radius 2 is 1.67 bits per heavy atom. The molecule has 40 valence electrons. The molecule has 0 aromatic rings. The maximum atomic E-state index is 8.91. The summed E-state index contributed by atoms with van der Waals surface area (Å²) in [6, 6.07) is 0. The first-order chi connectivity index (χ1) is 2.56. The maximum absolute atomic E-state index is 8.91. The fourth-order valence-electron chi connectivity index (χ4n) is 0. The summed E-state index contributed by atoms with van der Waals surface area (Å²) >= 11 is 0. The molecular weight excluding hydrogens is 96.1 g/mol.